The van der Waals surface area contributed by atoms with Gasteiger partial charge in [0.25, 0.3) is 0 Å². The lowest BCUT2D eigenvalue weighted by molar-refractivity contribution is 0.0695. The first-order valence-corrected chi connectivity index (χ1v) is 4.32. The summed E-state index contributed by atoms with van der Waals surface area (Å²) in [5.74, 6) is -0.404. The number of benzene rings is 1. The summed E-state index contributed by atoms with van der Waals surface area (Å²) in [4.78, 5) is 10.8. The largest absolute Gasteiger partial charge is 0.492 e. The lowest BCUT2D eigenvalue weighted by Crippen LogP contribution is -2.11. The molecule has 0 heterocycles. The van der Waals surface area contributed by atoms with Gasteiger partial charge in [-0.2, -0.15) is 0 Å². The zero-order valence-electron chi connectivity index (χ0n) is 8.40. The Morgan fingerprint density at radius 3 is 2.73 bits per heavy atom. The maximum absolute atomic E-state index is 10.8. The van der Waals surface area contributed by atoms with E-state index in [2.05, 4.69) is 0 Å². The molecule has 0 aliphatic carbocycles. The highest BCUT2D eigenvalue weighted by Crippen LogP contribution is 2.17. The molecule has 0 unspecified atom stereocenters. The van der Waals surface area contributed by atoms with Gasteiger partial charge in [-0.15, -0.1) is 12.4 Å². The van der Waals surface area contributed by atoms with Crippen molar-refractivity contribution >= 4 is 18.4 Å². The minimum Gasteiger partial charge on any atom is -0.492 e. The summed E-state index contributed by atoms with van der Waals surface area (Å²) in [6.07, 6.45) is 0. The summed E-state index contributed by atoms with van der Waals surface area (Å²) in [6.45, 7) is 2.55. The summed E-state index contributed by atoms with van der Waals surface area (Å²) < 4.78 is 5.21. The van der Waals surface area contributed by atoms with Crippen molar-refractivity contribution in [3.05, 3.63) is 29.3 Å². The quantitative estimate of drug-likeness (QED) is 0.823. The van der Waals surface area contributed by atoms with E-state index >= 15 is 0 Å². The second-order valence-corrected chi connectivity index (χ2v) is 2.92. The molecule has 15 heavy (non-hydrogen) atoms. The van der Waals surface area contributed by atoms with Crippen molar-refractivity contribution in [1.82, 2.24) is 0 Å². The molecule has 84 valence electrons. The van der Waals surface area contributed by atoms with E-state index in [1.54, 1.807) is 19.1 Å². The summed E-state index contributed by atoms with van der Waals surface area (Å²) in [5.41, 5.74) is 6.25. The first kappa shape index (κ1) is 13.7. The predicted molar refractivity (Wildman–Crippen MR) is 59.9 cm³/mol. The maximum Gasteiger partial charge on any atom is 0.336 e. The molecular weight excluding hydrogens is 218 g/mol. The molecule has 0 atom stereocenters. The van der Waals surface area contributed by atoms with Gasteiger partial charge in [0.05, 0.1) is 5.56 Å². The molecule has 0 amide bonds. The average Bonchev–Trinajstić information content (AvgIpc) is 2.16. The molecule has 0 spiro atoms. The number of carboxylic acids is 1. The number of ether oxygens (including phenoxy) is 1. The molecule has 0 fully saturated rings. The molecule has 1 aromatic carbocycles. The third kappa shape index (κ3) is 3.77. The molecular formula is C10H14ClNO3. The number of halogens is 1. The van der Waals surface area contributed by atoms with Crippen LogP contribution in [0, 0.1) is 6.92 Å². The molecule has 0 bridgehead atoms. The topological polar surface area (TPSA) is 72.5 Å². The second-order valence-electron chi connectivity index (χ2n) is 2.92. The van der Waals surface area contributed by atoms with E-state index in [9.17, 15) is 4.79 Å². The minimum absolute atomic E-state index is 0. The molecule has 0 radical (unpaired) electrons. The van der Waals surface area contributed by atoms with Crippen LogP contribution >= 0.6 is 12.4 Å². The monoisotopic (exact) mass is 231 g/mol. The predicted octanol–water partition coefficient (Wildman–Crippen LogP) is 1.45. The highest BCUT2D eigenvalue weighted by atomic mass is 35.5. The Kier molecular flexibility index (Phi) is 5.74. The fraction of sp³-hybridized carbons (Fsp3) is 0.300. The standard InChI is InChI=1S/C10H13NO3.ClH/c1-7-2-3-8(14-5-4-11)6-9(7)10(12)13;/h2-3,6H,4-5,11H2,1H3,(H,12,13);1H. The van der Waals surface area contributed by atoms with E-state index < -0.39 is 5.97 Å². The number of hydrogen-bond donors (Lipinski definition) is 2. The van der Waals surface area contributed by atoms with Gasteiger partial charge in [0, 0.05) is 6.54 Å². The normalized spacial score (nSPS) is 9.20. The molecule has 1 rings (SSSR count). The Labute approximate surface area is 94.5 Å². The van der Waals surface area contributed by atoms with Gasteiger partial charge >= 0.3 is 5.97 Å². The van der Waals surface area contributed by atoms with Crippen LogP contribution in [0.5, 0.6) is 5.75 Å². The molecule has 0 aliphatic heterocycles. The van der Waals surface area contributed by atoms with Gasteiger partial charge in [-0.1, -0.05) is 6.07 Å². The zero-order chi connectivity index (χ0) is 10.6. The minimum atomic E-state index is -0.944. The third-order valence-corrected chi connectivity index (χ3v) is 1.83. The van der Waals surface area contributed by atoms with Gasteiger partial charge in [0.15, 0.2) is 0 Å². The molecule has 0 aromatic heterocycles. The number of aromatic carboxylic acids is 1. The number of nitrogens with two attached hydrogens (primary N) is 1. The molecule has 5 heteroatoms. The van der Waals surface area contributed by atoms with Crippen LogP contribution in [0.2, 0.25) is 0 Å². The fourth-order valence-corrected chi connectivity index (χ4v) is 1.10. The summed E-state index contributed by atoms with van der Waals surface area (Å²) >= 11 is 0. The van der Waals surface area contributed by atoms with E-state index in [-0.39, 0.29) is 18.0 Å². The molecule has 1 aromatic rings. The molecule has 0 aliphatic rings. The van der Waals surface area contributed by atoms with Crippen molar-refractivity contribution in [2.24, 2.45) is 5.73 Å². The number of carboxylic acid groups (broad SMARTS) is 1. The van der Waals surface area contributed by atoms with Gasteiger partial charge in [0.2, 0.25) is 0 Å². The number of carbonyl (C=O) groups is 1. The van der Waals surface area contributed by atoms with Gasteiger partial charge < -0.3 is 15.6 Å². The van der Waals surface area contributed by atoms with Crippen LogP contribution in [-0.4, -0.2) is 24.2 Å². The van der Waals surface area contributed by atoms with Crippen molar-refractivity contribution in [3.63, 3.8) is 0 Å². The summed E-state index contributed by atoms with van der Waals surface area (Å²) in [6, 6.07) is 4.96. The van der Waals surface area contributed by atoms with Crippen LogP contribution in [0.15, 0.2) is 18.2 Å². The first-order chi connectivity index (χ1) is 6.65. The lowest BCUT2D eigenvalue weighted by atomic mass is 10.1. The van der Waals surface area contributed by atoms with Gasteiger partial charge in [-0.3, -0.25) is 0 Å². The van der Waals surface area contributed by atoms with Gasteiger partial charge in [-0.05, 0) is 24.6 Å². The van der Waals surface area contributed by atoms with Crippen LogP contribution in [0.1, 0.15) is 15.9 Å². The number of rotatable bonds is 4. The average molecular weight is 232 g/mol. The number of hydrogen-bond acceptors (Lipinski definition) is 3. The Morgan fingerprint density at radius 1 is 1.53 bits per heavy atom. The maximum atomic E-state index is 10.8. The van der Waals surface area contributed by atoms with Crippen molar-refractivity contribution in [2.75, 3.05) is 13.2 Å². The molecule has 0 saturated heterocycles. The highest BCUT2D eigenvalue weighted by Gasteiger charge is 2.07. The summed E-state index contributed by atoms with van der Waals surface area (Å²) in [5, 5.41) is 8.84. The van der Waals surface area contributed by atoms with Crippen LogP contribution in [0.25, 0.3) is 0 Å². The Morgan fingerprint density at radius 2 is 2.20 bits per heavy atom. The zero-order valence-corrected chi connectivity index (χ0v) is 9.21. The fourth-order valence-electron chi connectivity index (χ4n) is 1.10. The van der Waals surface area contributed by atoms with Crippen LogP contribution < -0.4 is 10.5 Å². The van der Waals surface area contributed by atoms with Crippen molar-refractivity contribution < 1.29 is 14.6 Å². The van der Waals surface area contributed by atoms with E-state index in [1.165, 1.54) is 6.07 Å². The Balaban J connectivity index is 0.00000196. The van der Waals surface area contributed by atoms with Crippen LogP contribution in [-0.2, 0) is 0 Å². The summed E-state index contributed by atoms with van der Waals surface area (Å²) in [7, 11) is 0. The van der Waals surface area contributed by atoms with Crippen molar-refractivity contribution in [1.29, 1.82) is 0 Å². The van der Waals surface area contributed by atoms with E-state index in [4.69, 9.17) is 15.6 Å². The number of aryl methyl sites for hydroxylation is 1. The van der Waals surface area contributed by atoms with Crippen LogP contribution in [0.4, 0.5) is 0 Å². The van der Waals surface area contributed by atoms with E-state index in [0.717, 1.165) is 5.56 Å². The highest BCUT2D eigenvalue weighted by molar-refractivity contribution is 5.89. The lowest BCUT2D eigenvalue weighted by Gasteiger charge is -2.06. The molecule has 3 N–H and O–H groups in total. The third-order valence-electron chi connectivity index (χ3n) is 1.83. The first-order valence-electron chi connectivity index (χ1n) is 4.32. The Bertz CT molecular complexity index is 341. The SMILES string of the molecule is Cc1ccc(OCCN)cc1C(=O)O.Cl. The smallest absolute Gasteiger partial charge is 0.336 e. The van der Waals surface area contributed by atoms with Crippen LogP contribution in [0.3, 0.4) is 0 Å². The second kappa shape index (κ2) is 6.27. The van der Waals surface area contributed by atoms with E-state index in [1.807, 2.05) is 0 Å². The van der Waals surface area contributed by atoms with E-state index in [0.29, 0.717) is 18.9 Å². The molecule has 0 saturated carbocycles. The molecule has 4 nitrogen and oxygen atoms in total. The Hall–Kier alpha value is -1.26. The van der Waals surface area contributed by atoms with Crippen molar-refractivity contribution in [2.45, 2.75) is 6.92 Å². The van der Waals surface area contributed by atoms with Gasteiger partial charge in [0.1, 0.15) is 12.4 Å². The van der Waals surface area contributed by atoms with Crippen molar-refractivity contribution in [3.8, 4) is 5.75 Å². The van der Waals surface area contributed by atoms with Gasteiger partial charge in [-0.25, -0.2) is 4.79 Å².